The molecule has 1 N–H and O–H groups in total. The highest BCUT2D eigenvalue weighted by Gasteiger charge is 2.18. The molecule has 0 bridgehead atoms. The summed E-state index contributed by atoms with van der Waals surface area (Å²) in [4.78, 5) is 16.3. The number of nitrogens with one attached hydrogen (secondary N) is 1. The molecule has 2 aliphatic heterocycles. The summed E-state index contributed by atoms with van der Waals surface area (Å²) in [5.74, 6) is 1.77. The second-order valence-corrected chi connectivity index (χ2v) is 5.72. The van der Waals surface area contributed by atoms with E-state index in [-0.39, 0.29) is 5.91 Å². The molecule has 1 amide bonds. The molecule has 0 aliphatic carbocycles. The second kappa shape index (κ2) is 6.87. The lowest BCUT2D eigenvalue weighted by Crippen LogP contribution is -2.47. The molecule has 2 aliphatic rings. The summed E-state index contributed by atoms with van der Waals surface area (Å²) in [5, 5.41) is 3.28. The van der Waals surface area contributed by atoms with Crippen molar-refractivity contribution >= 4 is 11.6 Å². The Hall–Kier alpha value is -1.95. The maximum absolute atomic E-state index is 12.2. The molecule has 3 rings (SSSR count). The fraction of sp³-hybridized carbons (Fsp3) is 0.562. The first kappa shape index (κ1) is 15.0. The largest absolute Gasteiger partial charge is 0.486 e. The Balaban J connectivity index is 1.45. The number of rotatable bonds is 4. The summed E-state index contributed by atoms with van der Waals surface area (Å²) in [5.41, 5.74) is 0.954. The van der Waals surface area contributed by atoms with E-state index in [4.69, 9.17) is 9.47 Å². The molecule has 0 spiro atoms. The maximum atomic E-state index is 12.2. The first-order chi connectivity index (χ1) is 10.7. The van der Waals surface area contributed by atoms with Gasteiger partial charge in [0.2, 0.25) is 5.91 Å². The van der Waals surface area contributed by atoms with Gasteiger partial charge in [0.1, 0.15) is 13.2 Å². The number of likely N-dealkylation sites (N-methyl/N-ethyl adjacent to an activating group) is 1. The summed E-state index contributed by atoms with van der Waals surface area (Å²) in [6.07, 6.45) is 0.512. The zero-order chi connectivity index (χ0) is 15.4. The van der Waals surface area contributed by atoms with Gasteiger partial charge in [-0.3, -0.25) is 4.79 Å². The normalized spacial score (nSPS) is 18.1. The standard InChI is InChI=1S/C16H23N3O3/c1-18-6-8-19(9-7-18)16(20)4-5-17-13-2-3-14-15(12-13)22-11-10-21-14/h2-3,12,17H,4-11H2,1H3. The highest BCUT2D eigenvalue weighted by Crippen LogP contribution is 2.32. The molecular formula is C16H23N3O3. The van der Waals surface area contributed by atoms with E-state index in [2.05, 4.69) is 17.3 Å². The van der Waals surface area contributed by atoms with E-state index < -0.39 is 0 Å². The smallest absolute Gasteiger partial charge is 0.224 e. The Labute approximate surface area is 131 Å². The predicted molar refractivity (Wildman–Crippen MR) is 84.6 cm³/mol. The van der Waals surface area contributed by atoms with Gasteiger partial charge in [0.05, 0.1) is 0 Å². The van der Waals surface area contributed by atoms with Crippen LogP contribution in [0, 0.1) is 0 Å². The van der Waals surface area contributed by atoms with Crippen LogP contribution >= 0.6 is 0 Å². The number of hydrogen-bond acceptors (Lipinski definition) is 5. The fourth-order valence-corrected chi connectivity index (χ4v) is 2.68. The van der Waals surface area contributed by atoms with Crippen LogP contribution in [0.25, 0.3) is 0 Å². The molecule has 22 heavy (non-hydrogen) atoms. The SMILES string of the molecule is CN1CCN(C(=O)CCNc2ccc3c(c2)OCCO3)CC1. The van der Waals surface area contributed by atoms with Crippen molar-refractivity contribution in [1.82, 2.24) is 9.80 Å². The molecule has 120 valence electrons. The molecule has 0 saturated carbocycles. The van der Waals surface area contributed by atoms with E-state index in [1.165, 1.54) is 0 Å². The molecule has 0 atom stereocenters. The van der Waals surface area contributed by atoms with Gasteiger partial charge in [-0.25, -0.2) is 0 Å². The van der Waals surface area contributed by atoms with Gasteiger partial charge in [-0.2, -0.15) is 0 Å². The third-order valence-corrected chi connectivity index (χ3v) is 4.07. The Morgan fingerprint density at radius 3 is 2.64 bits per heavy atom. The first-order valence-electron chi connectivity index (χ1n) is 7.82. The number of ether oxygens (including phenoxy) is 2. The zero-order valence-electron chi connectivity index (χ0n) is 13.0. The molecule has 1 fully saturated rings. The van der Waals surface area contributed by atoms with Crippen LogP contribution in [0.5, 0.6) is 11.5 Å². The van der Waals surface area contributed by atoms with Crippen LogP contribution in [-0.2, 0) is 4.79 Å². The van der Waals surface area contributed by atoms with Crippen molar-refractivity contribution in [1.29, 1.82) is 0 Å². The molecule has 0 aromatic heterocycles. The van der Waals surface area contributed by atoms with E-state index in [0.29, 0.717) is 26.2 Å². The topological polar surface area (TPSA) is 54.0 Å². The molecule has 1 aromatic carbocycles. The zero-order valence-corrected chi connectivity index (χ0v) is 13.0. The molecular weight excluding hydrogens is 282 g/mol. The maximum Gasteiger partial charge on any atom is 0.224 e. The minimum atomic E-state index is 0.221. The summed E-state index contributed by atoms with van der Waals surface area (Å²) < 4.78 is 11.0. The van der Waals surface area contributed by atoms with Gasteiger partial charge in [0.15, 0.2) is 11.5 Å². The lowest BCUT2D eigenvalue weighted by atomic mass is 10.2. The van der Waals surface area contributed by atoms with E-state index in [1.54, 1.807) is 0 Å². The summed E-state index contributed by atoms with van der Waals surface area (Å²) in [6, 6.07) is 5.78. The number of nitrogens with zero attached hydrogens (tertiary/aromatic N) is 2. The summed E-state index contributed by atoms with van der Waals surface area (Å²) in [7, 11) is 2.09. The number of amides is 1. The van der Waals surface area contributed by atoms with Gasteiger partial charge in [-0.1, -0.05) is 0 Å². The van der Waals surface area contributed by atoms with E-state index in [1.807, 2.05) is 23.1 Å². The fourth-order valence-electron chi connectivity index (χ4n) is 2.68. The number of anilines is 1. The van der Waals surface area contributed by atoms with E-state index >= 15 is 0 Å². The molecule has 2 heterocycles. The number of hydrogen-bond donors (Lipinski definition) is 1. The molecule has 6 heteroatoms. The average molecular weight is 305 g/mol. The predicted octanol–water partition coefficient (Wildman–Crippen LogP) is 1.03. The average Bonchev–Trinajstić information content (AvgIpc) is 2.55. The highest BCUT2D eigenvalue weighted by molar-refractivity contribution is 5.77. The van der Waals surface area contributed by atoms with Crippen LogP contribution in [0.3, 0.4) is 0 Å². The first-order valence-corrected chi connectivity index (χ1v) is 7.82. The Kier molecular flexibility index (Phi) is 4.68. The molecule has 0 unspecified atom stereocenters. The molecule has 1 saturated heterocycles. The van der Waals surface area contributed by atoms with Crippen LogP contribution in [0.15, 0.2) is 18.2 Å². The third kappa shape index (κ3) is 3.62. The Morgan fingerprint density at radius 1 is 1.14 bits per heavy atom. The van der Waals surface area contributed by atoms with Gasteiger partial charge in [-0.05, 0) is 19.2 Å². The minimum Gasteiger partial charge on any atom is -0.486 e. The van der Waals surface area contributed by atoms with Crippen molar-refractivity contribution in [2.45, 2.75) is 6.42 Å². The van der Waals surface area contributed by atoms with Gasteiger partial charge in [0.25, 0.3) is 0 Å². The molecule has 6 nitrogen and oxygen atoms in total. The number of carbonyl (C=O) groups excluding carboxylic acids is 1. The third-order valence-electron chi connectivity index (χ3n) is 4.07. The van der Waals surface area contributed by atoms with Crippen molar-refractivity contribution in [3.8, 4) is 11.5 Å². The number of fused-ring (bicyclic) bond motifs is 1. The second-order valence-electron chi connectivity index (χ2n) is 5.72. The van der Waals surface area contributed by atoms with Crippen LogP contribution < -0.4 is 14.8 Å². The quantitative estimate of drug-likeness (QED) is 0.900. The van der Waals surface area contributed by atoms with Crippen LogP contribution in [0.4, 0.5) is 5.69 Å². The van der Waals surface area contributed by atoms with Crippen molar-refractivity contribution < 1.29 is 14.3 Å². The lowest BCUT2D eigenvalue weighted by Gasteiger charge is -2.32. The van der Waals surface area contributed by atoms with Crippen molar-refractivity contribution in [3.63, 3.8) is 0 Å². The molecule has 1 aromatic rings. The Morgan fingerprint density at radius 2 is 1.86 bits per heavy atom. The van der Waals surface area contributed by atoms with E-state index in [9.17, 15) is 4.79 Å². The van der Waals surface area contributed by atoms with Crippen LogP contribution in [-0.4, -0.2) is 68.7 Å². The van der Waals surface area contributed by atoms with E-state index in [0.717, 1.165) is 43.4 Å². The highest BCUT2D eigenvalue weighted by atomic mass is 16.6. The number of carbonyl (C=O) groups is 1. The van der Waals surface area contributed by atoms with Crippen LogP contribution in [0.1, 0.15) is 6.42 Å². The van der Waals surface area contributed by atoms with Crippen molar-refractivity contribution in [2.24, 2.45) is 0 Å². The minimum absolute atomic E-state index is 0.221. The van der Waals surface area contributed by atoms with Gasteiger partial charge in [-0.15, -0.1) is 0 Å². The Bertz CT molecular complexity index is 527. The van der Waals surface area contributed by atoms with Gasteiger partial charge in [0, 0.05) is 50.9 Å². The van der Waals surface area contributed by atoms with Gasteiger partial charge >= 0.3 is 0 Å². The van der Waals surface area contributed by atoms with Crippen molar-refractivity contribution in [3.05, 3.63) is 18.2 Å². The summed E-state index contributed by atoms with van der Waals surface area (Å²) in [6.45, 7) is 5.39. The number of benzene rings is 1. The van der Waals surface area contributed by atoms with Crippen molar-refractivity contribution in [2.75, 3.05) is 58.3 Å². The van der Waals surface area contributed by atoms with Crippen LogP contribution in [0.2, 0.25) is 0 Å². The monoisotopic (exact) mass is 305 g/mol. The lowest BCUT2D eigenvalue weighted by molar-refractivity contribution is -0.132. The molecule has 0 radical (unpaired) electrons. The summed E-state index contributed by atoms with van der Waals surface area (Å²) >= 11 is 0. The number of piperazine rings is 1. The van der Waals surface area contributed by atoms with Gasteiger partial charge < -0.3 is 24.6 Å².